The maximum absolute atomic E-state index is 12.6. The van der Waals surface area contributed by atoms with Crippen LogP contribution in [0.1, 0.15) is 40.1 Å². The van der Waals surface area contributed by atoms with Crippen LogP contribution in [0, 0.1) is 0 Å². The van der Waals surface area contributed by atoms with Crippen molar-refractivity contribution in [2.24, 2.45) is 0 Å². The van der Waals surface area contributed by atoms with Crippen molar-refractivity contribution in [2.45, 2.75) is 32.4 Å². The number of imide groups is 1. The van der Waals surface area contributed by atoms with Gasteiger partial charge in [-0.15, -0.1) is 0 Å². The van der Waals surface area contributed by atoms with Crippen LogP contribution in [0.25, 0.3) is 0 Å². The summed E-state index contributed by atoms with van der Waals surface area (Å²) in [6.07, 6.45) is 0.654. The van der Waals surface area contributed by atoms with Crippen LogP contribution in [0.15, 0.2) is 51.4 Å². The van der Waals surface area contributed by atoms with E-state index in [1.165, 1.54) is 0 Å². The van der Waals surface area contributed by atoms with Gasteiger partial charge in [0.2, 0.25) is 5.91 Å². The maximum Gasteiger partial charge on any atom is 0.262 e. The molecule has 0 saturated heterocycles. The van der Waals surface area contributed by atoms with Crippen molar-refractivity contribution in [1.29, 1.82) is 0 Å². The number of carbonyl (C=O) groups is 3. The molecule has 140 valence electrons. The molecule has 3 rings (SSSR count). The minimum absolute atomic E-state index is 0.134. The number of rotatable bonds is 5. The number of nitrogens with zero attached hydrogens (tertiary/aromatic N) is 1. The van der Waals surface area contributed by atoms with Crippen LogP contribution in [0.3, 0.4) is 0 Å². The summed E-state index contributed by atoms with van der Waals surface area (Å²) in [5, 5.41) is 2.89. The summed E-state index contributed by atoms with van der Waals surface area (Å²) < 4.78 is 1.71. The van der Waals surface area contributed by atoms with E-state index < -0.39 is 17.9 Å². The zero-order valence-corrected chi connectivity index (χ0v) is 18.0. The van der Waals surface area contributed by atoms with E-state index >= 15 is 0 Å². The zero-order valence-electron chi connectivity index (χ0n) is 14.8. The Labute approximate surface area is 174 Å². The lowest BCUT2D eigenvalue weighted by Gasteiger charge is -2.24. The Balaban J connectivity index is 1.67. The van der Waals surface area contributed by atoms with E-state index in [1.807, 2.05) is 31.2 Å². The molecule has 0 fully saturated rings. The fourth-order valence-electron chi connectivity index (χ4n) is 3.09. The molecule has 0 spiro atoms. The number of amides is 3. The Kier molecular flexibility index (Phi) is 5.81. The van der Waals surface area contributed by atoms with Gasteiger partial charge in [0.1, 0.15) is 6.04 Å². The molecule has 27 heavy (non-hydrogen) atoms. The summed E-state index contributed by atoms with van der Waals surface area (Å²) in [6, 6.07) is 11.8. The minimum atomic E-state index is -0.886. The summed E-state index contributed by atoms with van der Waals surface area (Å²) in [5.74, 6) is -1.24. The molecule has 7 heteroatoms. The molecule has 1 heterocycles. The third-order valence-electron chi connectivity index (χ3n) is 4.49. The molecule has 3 amide bonds. The first-order valence-electron chi connectivity index (χ1n) is 8.50. The highest BCUT2D eigenvalue weighted by molar-refractivity contribution is 9.10. The average Bonchev–Trinajstić information content (AvgIpc) is 2.86. The first-order valence-corrected chi connectivity index (χ1v) is 10.1. The van der Waals surface area contributed by atoms with Gasteiger partial charge in [-0.05, 0) is 56.2 Å². The van der Waals surface area contributed by atoms with Gasteiger partial charge in [0, 0.05) is 15.0 Å². The highest BCUT2D eigenvalue weighted by Crippen LogP contribution is 2.27. The van der Waals surface area contributed by atoms with Crippen LogP contribution in [0.4, 0.5) is 0 Å². The van der Waals surface area contributed by atoms with Gasteiger partial charge < -0.3 is 5.32 Å². The highest BCUT2D eigenvalue weighted by atomic mass is 79.9. The summed E-state index contributed by atoms with van der Waals surface area (Å²) in [7, 11) is 0. The van der Waals surface area contributed by atoms with Crippen LogP contribution in [0.5, 0.6) is 0 Å². The lowest BCUT2D eigenvalue weighted by molar-refractivity contribution is -0.125. The van der Waals surface area contributed by atoms with Gasteiger partial charge in [-0.25, -0.2) is 0 Å². The molecule has 0 aromatic heterocycles. The van der Waals surface area contributed by atoms with Crippen LogP contribution >= 0.6 is 31.9 Å². The fourth-order valence-corrected chi connectivity index (χ4v) is 3.71. The van der Waals surface area contributed by atoms with Gasteiger partial charge in [-0.2, -0.15) is 0 Å². The van der Waals surface area contributed by atoms with E-state index in [0.29, 0.717) is 22.0 Å². The summed E-state index contributed by atoms with van der Waals surface area (Å²) >= 11 is 6.70. The normalized spacial score (nSPS) is 15.5. The zero-order chi connectivity index (χ0) is 19.7. The number of nitrogens with one attached hydrogen (secondary N) is 1. The van der Waals surface area contributed by atoms with Crippen molar-refractivity contribution in [3.05, 3.63) is 68.1 Å². The van der Waals surface area contributed by atoms with Crippen LogP contribution in [-0.2, 0) is 11.2 Å². The molecule has 0 aliphatic carbocycles. The lowest BCUT2D eigenvalue weighted by atomic mass is 10.1. The van der Waals surface area contributed by atoms with Crippen LogP contribution < -0.4 is 5.32 Å². The second kappa shape index (κ2) is 7.94. The molecule has 0 radical (unpaired) electrons. The monoisotopic (exact) mass is 492 g/mol. The standard InChI is InChI=1S/C20H18Br2N2O3/c1-11(9-13-3-5-14(21)6-4-13)23-18(25)12(2)24-19(26)16-8-7-15(22)10-17(16)20(24)27/h3-8,10-12H,9H2,1-2H3,(H,23,25). The molecule has 1 N–H and O–H groups in total. The number of hydrogen-bond donors (Lipinski definition) is 1. The van der Waals surface area contributed by atoms with Crippen molar-refractivity contribution in [3.8, 4) is 0 Å². The van der Waals surface area contributed by atoms with Crippen molar-refractivity contribution in [1.82, 2.24) is 10.2 Å². The highest BCUT2D eigenvalue weighted by Gasteiger charge is 2.41. The lowest BCUT2D eigenvalue weighted by Crippen LogP contribution is -2.50. The predicted molar refractivity (Wildman–Crippen MR) is 110 cm³/mol. The molecule has 0 bridgehead atoms. The SMILES string of the molecule is CC(Cc1ccc(Br)cc1)NC(=O)C(C)N1C(=O)c2ccc(Br)cc2C1=O. The molecule has 1 aliphatic heterocycles. The third kappa shape index (κ3) is 4.14. The molecule has 2 unspecified atom stereocenters. The smallest absolute Gasteiger partial charge is 0.262 e. The van der Waals surface area contributed by atoms with Crippen molar-refractivity contribution in [2.75, 3.05) is 0 Å². The van der Waals surface area contributed by atoms with Crippen LogP contribution in [-0.4, -0.2) is 34.7 Å². The van der Waals surface area contributed by atoms with Gasteiger partial charge >= 0.3 is 0 Å². The second-order valence-electron chi connectivity index (χ2n) is 6.59. The Bertz CT molecular complexity index is 912. The third-order valence-corrected chi connectivity index (χ3v) is 5.51. The number of hydrogen-bond acceptors (Lipinski definition) is 3. The van der Waals surface area contributed by atoms with Gasteiger partial charge in [0.05, 0.1) is 11.1 Å². The molecular formula is C20H18Br2N2O3. The summed E-state index contributed by atoms with van der Waals surface area (Å²) in [4.78, 5) is 38.8. The van der Waals surface area contributed by atoms with E-state index in [2.05, 4.69) is 37.2 Å². The van der Waals surface area contributed by atoms with E-state index in [9.17, 15) is 14.4 Å². The van der Waals surface area contributed by atoms with Crippen LogP contribution in [0.2, 0.25) is 0 Å². The Morgan fingerprint density at radius 1 is 0.963 bits per heavy atom. The molecule has 2 aromatic rings. The van der Waals surface area contributed by atoms with E-state index in [4.69, 9.17) is 0 Å². The van der Waals surface area contributed by atoms with Gasteiger partial charge in [0.15, 0.2) is 0 Å². The number of halogens is 2. The Hall–Kier alpha value is -1.99. The molecule has 2 aromatic carbocycles. The first kappa shape index (κ1) is 19.8. The summed E-state index contributed by atoms with van der Waals surface area (Å²) in [5.41, 5.74) is 1.73. The topological polar surface area (TPSA) is 66.5 Å². The maximum atomic E-state index is 12.6. The van der Waals surface area contributed by atoms with E-state index in [0.717, 1.165) is 14.9 Å². The van der Waals surface area contributed by atoms with Crippen molar-refractivity contribution in [3.63, 3.8) is 0 Å². The van der Waals surface area contributed by atoms with Gasteiger partial charge in [-0.3, -0.25) is 19.3 Å². The van der Waals surface area contributed by atoms with Crippen molar-refractivity contribution < 1.29 is 14.4 Å². The van der Waals surface area contributed by atoms with Gasteiger partial charge in [-0.1, -0.05) is 44.0 Å². The Morgan fingerprint density at radius 3 is 2.22 bits per heavy atom. The summed E-state index contributed by atoms with van der Waals surface area (Å²) in [6.45, 7) is 3.46. The van der Waals surface area contributed by atoms with Gasteiger partial charge in [0.25, 0.3) is 11.8 Å². The molecule has 0 saturated carbocycles. The predicted octanol–water partition coefficient (Wildman–Crippen LogP) is 3.94. The number of benzene rings is 2. The molecule has 1 aliphatic rings. The number of fused-ring (bicyclic) bond motifs is 1. The molecule has 2 atom stereocenters. The first-order chi connectivity index (χ1) is 12.8. The van der Waals surface area contributed by atoms with E-state index in [-0.39, 0.29) is 11.9 Å². The molecular weight excluding hydrogens is 476 g/mol. The second-order valence-corrected chi connectivity index (χ2v) is 8.42. The minimum Gasteiger partial charge on any atom is -0.352 e. The van der Waals surface area contributed by atoms with Crippen molar-refractivity contribution >= 4 is 49.6 Å². The molecule has 5 nitrogen and oxygen atoms in total. The quantitative estimate of drug-likeness (QED) is 0.641. The largest absolute Gasteiger partial charge is 0.352 e. The number of carbonyl (C=O) groups excluding carboxylic acids is 3. The van der Waals surface area contributed by atoms with E-state index in [1.54, 1.807) is 25.1 Å². The Morgan fingerprint density at radius 2 is 1.56 bits per heavy atom. The fraction of sp³-hybridized carbons (Fsp3) is 0.250. The average molecular weight is 494 g/mol.